The topological polar surface area (TPSA) is 84.0 Å². The fourth-order valence-corrected chi connectivity index (χ4v) is 4.88. The van der Waals surface area contributed by atoms with E-state index in [9.17, 15) is 31.2 Å². The Kier molecular flexibility index (Phi) is 7.28. The molecule has 162 valence electrons. The van der Waals surface area contributed by atoms with Crippen LogP contribution in [-0.2, 0) is 30.5 Å². The average Bonchev–Trinajstić information content (AvgIpc) is 2.67. The van der Waals surface area contributed by atoms with Crippen LogP contribution in [0.1, 0.15) is 25.3 Å². The summed E-state index contributed by atoms with van der Waals surface area (Å²) in [6.45, 7) is 1.45. The van der Waals surface area contributed by atoms with Crippen molar-refractivity contribution in [3.63, 3.8) is 0 Å². The Morgan fingerprint density at radius 3 is 2.34 bits per heavy atom. The van der Waals surface area contributed by atoms with E-state index in [1.165, 1.54) is 18.0 Å². The quantitative estimate of drug-likeness (QED) is 0.638. The maximum absolute atomic E-state index is 13.2. The molecule has 7 nitrogen and oxygen atoms in total. The van der Waals surface area contributed by atoms with E-state index in [2.05, 4.69) is 0 Å². The molecule has 0 unspecified atom stereocenters. The van der Waals surface area contributed by atoms with Gasteiger partial charge in [-0.3, -0.25) is 9.59 Å². The molecular formula is C18H23F3N2O5S. The molecule has 29 heavy (non-hydrogen) atoms. The van der Waals surface area contributed by atoms with Gasteiger partial charge < -0.3 is 9.64 Å². The van der Waals surface area contributed by atoms with Gasteiger partial charge in [0.2, 0.25) is 15.9 Å². The molecule has 1 aliphatic rings. The Morgan fingerprint density at radius 2 is 1.79 bits per heavy atom. The van der Waals surface area contributed by atoms with Gasteiger partial charge in [0.15, 0.2) is 0 Å². The highest BCUT2D eigenvalue weighted by Crippen LogP contribution is 2.36. The molecule has 0 N–H and O–H groups in total. The predicted molar refractivity (Wildman–Crippen MR) is 97.2 cm³/mol. The molecule has 0 saturated carbocycles. The van der Waals surface area contributed by atoms with Gasteiger partial charge in [0.1, 0.15) is 6.54 Å². The molecule has 1 amide bonds. The third kappa shape index (κ3) is 5.47. The van der Waals surface area contributed by atoms with Gasteiger partial charge in [0.05, 0.1) is 17.1 Å². The van der Waals surface area contributed by atoms with Crippen LogP contribution in [0.15, 0.2) is 29.2 Å². The van der Waals surface area contributed by atoms with E-state index in [-0.39, 0.29) is 45.0 Å². The van der Waals surface area contributed by atoms with Gasteiger partial charge in [0, 0.05) is 26.1 Å². The Morgan fingerprint density at radius 1 is 1.21 bits per heavy atom. The molecule has 0 atom stereocenters. The minimum absolute atomic E-state index is 0.0851. The van der Waals surface area contributed by atoms with Gasteiger partial charge in [-0.05, 0) is 31.9 Å². The maximum Gasteiger partial charge on any atom is 0.417 e. The van der Waals surface area contributed by atoms with Crippen LogP contribution in [0.3, 0.4) is 0 Å². The van der Waals surface area contributed by atoms with Gasteiger partial charge in [-0.25, -0.2) is 8.42 Å². The molecule has 1 heterocycles. The molecule has 2 rings (SSSR count). The normalized spacial score (nSPS) is 16.4. The number of esters is 1. The Labute approximate surface area is 167 Å². The first-order chi connectivity index (χ1) is 13.5. The minimum atomic E-state index is -4.80. The standard InChI is InChI=1S/C18H23F3N2O5S/c1-3-28-16(24)12-22(2)17(25)13-8-10-23(11-9-13)29(26,27)15-7-5-4-6-14(15)18(19,20)21/h4-7,13H,3,8-12H2,1-2H3. The molecule has 1 fully saturated rings. The van der Waals surface area contributed by atoms with Gasteiger partial charge in [-0.2, -0.15) is 17.5 Å². The zero-order chi connectivity index (χ0) is 21.8. The summed E-state index contributed by atoms with van der Waals surface area (Å²) in [4.78, 5) is 24.4. The van der Waals surface area contributed by atoms with Crippen molar-refractivity contribution in [2.45, 2.75) is 30.8 Å². The molecule has 1 aromatic rings. The number of hydrogen-bond donors (Lipinski definition) is 0. The lowest BCUT2D eigenvalue weighted by Crippen LogP contribution is -2.44. The number of carbonyl (C=O) groups excluding carboxylic acids is 2. The van der Waals surface area contributed by atoms with Crippen LogP contribution in [0.4, 0.5) is 13.2 Å². The van der Waals surface area contributed by atoms with Crippen LogP contribution < -0.4 is 0 Å². The predicted octanol–water partition coefficient (Wildman–Crippen LogP) is 2.13. The summed E-state index contributed by atoms with van der Waals surface area (Å²) in [6, 6.07) is 4.03. The molecule has 0 spiro atoms. The lowest BCUT2D eigenvalue weighted by molar-refractivity contribution is -0.149. The number of sulfonamides is 1. The molecule has 0 aliphatic carbocycles. The van der Waals surface area contributed by atoms with E-state index in [0.29, 0.717) is 0 Å². The van der Waals surface area contributed by atoms with Crippen molar-refractivity contribution < 1.29 is 35.9 Å². The molecule has 0 radical (unpaired) electrons. The number of nitrogens with zero attached hydrogens (tertiary/aromatic N) is 2. The highest BCUT2D eigenvalue weighted by atomic mass is 32.2. The number of ether oxygens (including phenoxy) is 1. The fraction of sp³-hybridized carbons (Fsp3) is 0.556. The first kappa shape index (κ1) is 23.1. The number of rotatable bonds is 6. The molecule has 1 saturated heterocycles. The lowest BCUT2D eigenvalue weighted by atomic mass is 9.97. The second-order valence-electron chi connectivity index (χ2n) is 6.67. The second-order valence-corrected chi connectivity index (χ2v) is 8.58. The summed E-state index contributed by atoms with van der Waals surface area (Å²) in [6.07, 6.45) is -4.49. The van der Waals surface area contributed by atoms with E-state index < -0.39 is 38.5 Å². The zero-order valence-corrected chi connectivity index (χ0v) is 16.9. The Balaban J connectivity index is 2.07. The fourth-order valence-electron chi connectivity index (χ4n) is 3.20. The number of piperidine rings is 1. The summed E-state index contributed by atoms with van der Waals surface area (Å²) in [5.41, 5.74) is -1.22. The SMILES string of the molecule is CCOC(=O)CN(C)C(=O)C1CCN(S(=O)(=O)c2ccccc2C(F)(F)F)CC1. The van der Waals surface area contributed by atoms with E-state index in [1.807, 2.05) is 0 Å². The summed E-state index contributed by atoms with van der Waals surface area (Å²) in [7, 11) is -2.91. The van der Waals surface area contributed by atoms with Crippen molar-refractivity contribution in [3.05, 3.63) is 29.8 Å². The van der Waals surface area contributed by atoms with Crippen LogP contribution in [0.2, 0.25) is 0 Å². The van der Waals surface area contributed by atoms with Crippen LogP contribution in [0.5, 0.6) is 0 Å². The molecule has 1 aromatic carbocycles. The second kappa shape index (κ2) is 9.12. The van der Waals surface area contributed by atoms with Crippen LogP contribution >= 0.6 is 0 Å². The number of benzene rings is 1. The van der Waals surface area contributed by atoms with Crippen LogP contribution in [0, 0.1) is 5.92 Å². The van der Waals surface area contributed by atoms with Crippen molar-refractivity contribution in [1.29, 1.82) is 0 Å². The molecule has 1 aliphatic heterocycles. The van der Waals surface area contributed by atoms with Crippen molar-refractivity contribution in [2.24, 2.45) is 5.92 Å². The first-order valence-corrected chi connectivity index (χ1v) is 10.5. The van der Waals surface area contributed by atoms with Crippen molar-refractivity contribution >= 4 is 21.9 Å². The number of carbonyl (C=O) groups is 2. The first-order valence-electron chi connectivity index (χ1n) is 9.05. The maximum atomic E-state index is 13.2. The summed E-state index contributed by atoms with van der Waals surface area (Å²) in [5, 5.41) is 0. The molecular weight excluding hydrogens is 413 g/mol. The summed E-state index contributed by atoms with van der Waals surface area (Å²) >= 11 is 0. The summed E-state index contributed by atoms with van der Waals surface area (Å²) in [5.74, 6) is -1.39. The highest BCUT2D eigenvalue weighted by Gasteiger charge is 2.40. The van der Waals surface area contributed by atoms with E-state index in [1.54, 1.807) is 6.92 Å². The largest absolute Gasteiger partial charge is 0.465 e. The number of amides is 1. The number of halogens is 3. The van der Waals surface area contributed by atoms with E-state index >= 15 is 0 Å². The smallest absolute Gasteiger partial charge is 0.417 e. The van der Waals surface area contributed by atoms with Gasteiger partial charge in [-0.1, -0.05) is 12.1 Å². The van der Waals surface area contributed by atoms with E-state index in [0.717, 1.165) is 22.5 Å². The number of likely N-dealkylation sites (N-methyl/N-ethyl adjacent to an activating group) is 1. The Bertz CT molecular complexity index is 849. The summed E-state index contributed by atoms with van der Waals surface area (Å²) < 4.78 is 70.8. The minimum Gasteiger partial charge on any atom is -0.465 e. The third-order valence-electron chi connectivity index (χ3n) is 4.66. The third-order valence-corrected chi connectivity index (χ3v) is 6.62. The molecule has 11 heteroatoms. The van der Waals surface area contributed by atoms with Gasteiger partial charge in [0.25, 0.3) is 0 Å². The average molecular weight is 436 g/mol. The van der Waals surface area contributed by atoms with Gasteiger partial charge >= 0.3 is 12.1 Å². The van der Waals surface area contributed by atoms with Crippen molar-refractivity contribution in [3.8, 4) is 0 Å². The molecule has 0 aromatic heterocycles. The van der Waals surface area contributed by atoms with Crippen molar-refractivity contribution in [2.75, 3.05) is 33.3 Å². The van der Waals surface area contributed by atoms with Crippen LogP contribution in [-0.4, -0.2) is 62.8 Å². The van der Waals surface area contributed by atoms with Crippen molar-refractivity contribution in [1.82, 2.24) is 9.21 Å². The number of alkyl halides is 3. The van der Waals surface area contributed by atoms with Crippen LogP contribution in [0.25, 0.3) is 0 Å². The van der Waals surface area contributed by atoms with Gasteiger partial charge in [-0.15, -0.1) is 0 Å². The number of hydrogen-bond acceptors (Lipinski definition) is 5. The lowest BCUT2D eigenvalue weighted by Gasteiger charge is -2.32. The highest BCUT2D eigenvalue weighted by molar-refractivity contribution is 7.89. The molecule has 0 bridgehead atoms. The Hall–Kier alpha value is -2.14. The van der Waals surface area contributed by atoms with E-state index in [4.69, 9.17) is 4.74 Å². The monoisotopic (exact) mass is 436 g/mol. The zero-order valence-electron chi connectivity index (χ0n) is 16.1.